The van der Waals surface area contributed by atoms with Crippen molar-refractivity contribution in [3.05, 3.63) is 0 Å². The zero-order valence-electron chi connectivity index (χ0n) is 10.1. The van der Waals surface area contributed by atoms with Crippen LogP contribution in [0.4, 0.5) is 4.79 Å². The largest absolute Gasteiger partial charge is 0.392 e. The maximum absolute atomic E-state index is 11.7. The number of likely N-dealkylation sites (tertiary alicyclic amines) is 1. The Labute approximate surface area is 91.6 Å². The van der Waals surface area contributed by atoms with Crippen molar-refractivity contribution in [3.8, 4) is 0 Å². The minimum absolute atomic E-state index is 0.0232. The first-order valence-corrected chi connectivity index (χ1v) is 5.56. The zero-order chi connectivity index (χ0) is 11.6. The third-order valence-corrected chi connectivity index (χ3v) is 2.87. The molecule has 1 aliphatic rings. The van der Waals surface area contributed by atoms with Gasteiger partial charge in [-0.25, -0.2) is 4.79 Å². The highest BCUT2D eigenvalue weighted by molar-refractivity contribution is 5.74. The molecule has 2 N–H and O–H groups in total. The van der Waals surface area contributed by atoms with Gasteiger partial charge in [-0.15, -0.1) is 0 Å². The number of nitrogens with one attached hydrogen (secondary N) is 1. The SMILES string of the molecule is CC(C)NC(=O)N1CCC(O)C(C)(C)C1. The molecule has 1 heterocycles. The number of hydrogen-bond acceptors (Lipinski definition) is 2. The molecule has 0 saturated carbocycles. The van der Waals surface area contributed by atoms with Crippen molar-refractivity contribution in [2.75, 3.05) is 13.1 Å². The molecule has 2 amide bonds. The van der Waals surface area contributed by atoms with Crippen LogP contribution in [-0.2, 0) is 0 Å². The predicted molar refractivity (Wildman–Crippen MR) is 59.6 cm³/mol. The van der Waals surface area contributed by atoms with Gasteiger partial charge in [-0.3, -0.25) is 0 Å². The topological polar surface area (TPSA) is 52.6 Å². The number of urea groups is 1. The van der Waals surface area contributed by atoms with Crippen LogP contribution in [-0.4, -0.2) is 41.3 Å². The average molecular weight is 214 g/mol. The van der Waals surface area contributed by atoms with Crippen molar-refractivity contribution in [1.29, 1.82) is 0 Å². The Morgan fingerprint density at radius 2 is 2.13 bits per heavy atom. The lowest BCUT2D eigenvalue weighted by atomic mass is 9.81. The molecule has 0 aromatic carbocycles. The number of nitrogens with zero attached hydrogens (tertiary/aromatic N) is 1. The summed E-state index contributed by atoms with van der Waals surface area (Å²) in [5.41, 5.74) is -0.202. The molecule has 1 fully saturated rings. The maximum Gasteiger partial charge on any atom is 0.317 e. The van der Waals surface area contributed by atoms with Crippen LogP contribution in [0.1, 0.15) is 34.1 Å². The predicted octanol–water partition coefficient (Wildman–Crippen LogP) is 1.20. The number of carbonyl (C=O) groups is 1. The number of hydrogen-bond donors (Lipinski definition) is 2. The summed E-state index contributed by atoms with van der Waals surface area (Å²) in [7, 11) is 0. The fraction of sp³-hybridized carbons (Fsp3) is 0.909. The van der Waals surface area contributed by atoms with Gasteiger partial charge in [0.05, 0.1) is 6.10 Å². The molecular formula is C11H22N2O2. The van der Waals surface area contributed by atoms with E-state index in [1.807, 2.05) is 27.7 Å². The number of piperidine rings is 1. The first-order chi connectivity index (χ1) is 6.83. The summed E-state index contributed by atoms with van der Waals surface area (Å²) in [4.78, 5) is 13.5. The van der Waals surface area contributed by atoms with Crippen LogP contribution in [0.2, 0.25) is 0 Å². The molecular weight excluding hydrogens is 192 g/mol. The van der Waals surface area contributed by atoms with Gasteiger partial charge < -0.3 is 15.3 Å². The fourth-order valence-corrected chi connectivity index (χ4v) is 1.86. The standard InChI is InChI=1S/C11H22N2O2/c1-8(2)12-10(15)13-6-5-9(14)11(3,4)7-13/h8-9,14H,5-7H2,1-4H3,(H,12,15). The summed E-state index contributed by atoms with van der Waals surface area (Å²) in [6.07, 6.45) is 0.360. The van der Waals surface area contributed by atoms with Crippen LogP contribution >= 0.6 is 0 Å². The Balaban J connectivity index is 2.55. The summed E-state index contributed by atoms with van der Waals surface area (Å²) >= 11 is 0. The van der Waals surface area contributed by atoms with E-state index in [-0.39, 0.29) is 23.6 Å². The van der Waals surface area contributed by atoms with Gasteiger partial charge in [-0.1, -0.05) is 13.8 Å². The van der Waals surface area contributed by atoms with E-state index in [9.17, 15) is 9.90 Å². The molecule has 4 nitrogen and oxygen atoms in total. The number of carbonyl (C=O) groups excluding carboxylic acids is 1. The van der Waals surface area contributed by atoms with Gasteiger partial charge in [0.25, 0.3) is 0 Å². The Bertz CT molecular complexity index is 239. The van der Waals surface area contributed by atoms with Crippen molar-refractivity contribution in [2.45, 2.75) is 46.3 Å². The molecule has 0 radical (unpaired) electrons. The molecule has 1 rings (SSSR count). The van der Waals surface area contributed by atoms with Gasteiger partial charge in [0.1, 0.15) is 0 Å². The van der Waals surface area contributed by atoms with Crippen LogP contribution < -0.4 is 5.32 Å². The third kappa shape index (κ3) is 3.09. The van der Waals surface area contributed by atoms with Gasteiger partial charge in [0, 0.05) is 24.5 Å². The number of aliphatic hydroxyl groups is 1. The van der Waals surface area contributed by atoms with Gasteiger partial charge in [-0.05, 0) is 20.3 Å². The third-order valence-electron chi connectivity index (χ3n) is 2.87. The molecule has 1 atom stereocenters. The lowest BCUT2D eigenvalue weighted by Gasteiger charge is -2.41. The summed E-state index contributed by atoms with van der Waals surface area (Å²) in [5.74, 6) is 0. The van der Waals surface area contributed by atoms with E-state index in [1.165, 1.54) is 0 Å². The molecule has 1 saturated heterocycles. The van der Waals surface area contributed by atoms with Crippen molar-refractivity contribution in [1.82, 2.24) is 10.2 Å². The Kier molecular flexibility index (Phi) is 3.60. The van der Waals surface area contributed by atoms with Crippen molar-refractivity contribution >= 4 is 6.03 Å². The van der Waals surface area contributed by atoms with Crippen molar-refractivity contribution in [3.63, 3.8) is 0 Å². The first-order valence-electron chi connectivity index (χ1n) is 5.56. The van der Waals surface area contributed by atoms with Crippen LogP contribution in [0.25, 0.3) is 0 Å². The van der Waals surface area contributed by atoms with E-state index in [0.29, 0.717) is 19.5 Å². The van der Waals surface area contributed by atoms with Crippen LogP contribution in [0.3, 0.4) is 0 Å². The van der Waals surface area contributed by atoms with Gasteiger partial charge in [0.15, 0.2) is 0 Å². The van der Waals surface area contributed by atoms with Crippen LogP contribution in [0, 0.1) is 5.41 Å². The van der Waals surface area contributed by atoms with E-state index in [4.69, 9.17) is 0 Å². The lowest BCUT2D eigenvalue weighted by molar-refractivity contribution is -0.0115. The normalized spacial score (nSPS) is 25.5. The quantitative estimate of drug-likeness (QED) is 0.689. The van der Waals surface area contributed by atoms with Crippen LogP contribution in [0.15, 0.2) is 0 Å². The van der Waals surface area contributed by atoms with Crippen LogP contribution in [0.5, 0.6) is 0 Å². The lowest BCUT2D eigenvalue weighted by Crippen LogP contribution is -2.54. The number of rotatable bonds is 1. The number of aliphatic hydroxyl groups excluding tert-OH is 1. The summed E-state index contributed by atoms with van der Waals surface area (Å²) in [6.45, 7) is 9.14. The van der Waals surface area contributed by atoms with Gasteiger partial charge >= 0.3 is 6.03 Å². The average Bonchev–Trinajstić information content (AvgIpc) is 2.08. The highest BCUT2D eigenvalue weighted by Crippen LogP contribution is 2.28. The second-order valence-corrected chi connectivity index (χ2v) is 5.32. The zero-order valence-corrected chi connectivity index (χ0v) is 10.1. The van der Waals surface area contributed by atoms with E-state index in [2.05, 4.69) is 5.32 Å². The fourth-order valence-electron chi connectivity index (χ4n) is 1.86. The monoisotopic (exact) mass is 214 g/mol. The molecule has 15 heavy (non-hydrogen) atoms. The molecule has 0 aliphatic carbocycles. The minimum atomic E-state index is -0.305. The molecule has 1 aliphatic heterocycles. The van der Waals surface area contributed by atoms with Gasteiger partial charge in [-0.2, -0.15) is 0 Å². The molecule has 1 unspecified atom stereocenters. The van der Waals surface area contributed by atoms with Crippen molar-refractivity contribution < 1.29 is 9.90 Å². The highest BCUT2D eigenvalue weighted by Gasteiger charge is 2.36. The van der Waals surface area contributed by atoms with E-state index in [0.717, 1.165) is 0 Å². The second-order valence-electron chi connectivity index (χ2n) is 5.32. The van der Waals surface area contributed by atoms with E-state index >= 15 is 0 Å². The first kappa shape index (κ1) is 12.3. The Morgan fingerprint density at radius 1 is 1.53 bits per heavy atom. The smallest absolute Gasteiger partial charge is 0.317 e. The summed E-state index contributed by atoms with van der Waals surface area (Å²) in [5, 5.41) is 12.6. The molecule has 0 aromatic heterocycles. The minimum Gasteiger partial charge on any atom is -0.392 e. The molecule has 88 valence electrons. The highest BCUT2D eigenvalue weighted by atomic mass is 16.3. The molecule has 0 bridgehead atoms. The summed E-state index contributed by atoms with van der Waals surface area (Å²) in [6, 6.07) is 0.137. The Hall–Kier alpha value is -0.770. The summed E-state index contributed by atoms with van der Waals surface area (Å²) < 4.78 is 0. The van der Waals surface area contributed by atoms with Crippen molar-refractivity contribution in [2.24, 2.45) is 5.41 Å². The maximum atomic E-state index is 11.7. The molecule has 0 aromatic rings. The molecule has 0 spiro atoms. The van der Waals surface area contributed by atoms with Gasteiger partial charge in [0.2, 0.25) is 0 Å². The van der Waals surface area contributed by atoms with E-state index < -0.39 is 0 Å². The second kappa shape index (κ2) is 4.39. The molecule has 4 heteroatoms. The number of amides is 2. The Morgan fingerprint density at radius 3 is 2.60 bits per heavy atom. The van der Waals surface area contributed by atoms with E-state index in [1.54, 1.807) is 4.90 Å².